The highest BCUT2D eigenvalue weighted by molar-refractivity contribution is 7.91. The van der Waals surface area contributed by atoms with Gasteiger partial charge in [-0.2, -0.15) is 0 Å². The van der Waals surface area contributed by atoms with E-state index in [4.69, 9.17) is 16.7 Å². The number of carboxylic acids is 1. The molecule has 0 radical (unpaired) electrons. The highest BCUT2D eigenvalue weighted by Gasteiger charge is 2.08. The van der Waals surface area contributed by atoms with Crippen molar-refractivity contribution in [2.45, 2.75) is 12.8 Å². The van der Waals surface area contributed by atoms with Crippen molar-refractivity contribution in [2.75, 3.05) is 30.5 Å². The Bertz CT molecular complexity index is 278. The van der Waals surface area contributed by atoms with Crippen LogP contribution < -0.4 is 5.32 Å². The van der Waals surface area contributed by atoms with E-state index < -0.39 is 15.8 Å². The second kappa shape index (κ2) is 7.90. The highest BCUT2D eigenvalue weighted by atomic mass is 35.5. The van der Waals surface area contributed by atoms with E-state index in [1.54, 1.807) is 0 Å². The summed E-state index contributed by atoms with van der Waals surface area (Å²) >= 11 is 5.32. The standard InChI is InChI=1S/C8H16ClNO4S/c9-3-7-15(13,14)6-1-4-10-5-2-8(11)12/h10H,1-7H2,(H,11,12). The Balaban J connectivity index is 3.42. The molecule has 0 aromatic heterocycles. The van der Waals surface area contributed by atoms with Crippen molar-refractivity contribution in [1.82, 2.24) is 5.32 Å². The third-order valence-corrected chi connectivity index (χ3v) is 3.86. The molecule has 0 aromatic carbocycles. The van der Waals surface area contributed by atoms with Crippen LogP contribution in [0.4, 0.5) is 0 Å². The summed E-state index contributed by atoms with van der Waals surface area (Å²) in [6.45, 7) is 0.875. The molecule has 5 nitrogen and oxygen atoms in total. The Morgan fingerprint density at radius 1 is 1.27 bits per heavy atom. The number of hydrogen-bond donors (Lipinski definition) is 2. The molecule has 0 rings (SSSR count). The maximum absolute atomic E-state index is 11.2. The maximum Gasteiger partial charge on any atom is 0.304 e. The molecule has 0 aliphatic rings. The molecule has 90 valence electrons. The summed E-state index contributed by atoms with van der Waals surface area (Å²) in [5.41, 5.74) is 0. The van der Waals surface area contributed by atoms with Gasteiger partial charge in [-0.3, -0.25) is 4.79 Å². The Labute approximate surface area is 94.7 Å². The summed E-state index contributed by atoms with van der Waals surface area (Å²) in [5.74, 6) is -0.643. The third-order valence-electron chi connectivity index (χ3n) is 1.71. The van der Waals surface area contributed by atoms with Gasteiger partial charge in [-0.1, -0.05) is 0 Å². The fraction of sp³-hybridized carbons (Fsp3) is 0.875. The summed E-state index contributed by atoms with van der Waals surface area (Å²) in [6, 6.07) is 0. The van der Waals surface area contributed by atoms with Gasteiger partial charge in [0.15, 0.2) is 9.84 Å². The topological polar surface area (TPSA) is 83.5 Å². The molecule has 0 heterocycles. The predicted molar refractivity (Wildman–Crippen MR) is 59.1 cm³/mol. The van der Waals surface area contributed by atoms with E-state index in [0.717, 1.165) is 0 Å². The van der Waals surface area contributed by atoms with Crippen LogP contribution in [0.1, 0.15) is 12.8 Å². The quantitative estimate of drug-likeness (QED) is 0.452. The van der Waals surface area contributed by atoms with Crippen molar-refractivity contribution >= 4 is 27.4 Å². The molecule has 7 heteroatoms. The lowest BCUT2D eigenvalue weighted by Gasteiger charge is -2.03. The summed E-state index contributed by atoms with van der Waals surface area (Å²) in [7, 11) is -3.02. The Morgan fingerprint density at radius 2 is 1.93 bits per heavy atom. The average molecular weight is 258 g/mol. The molecule has 0 aliphatic heterocycles. The number of hydrogen-bond acceptors (Lipinski definition) is 4. The monoisotopic (exact) mass is 257 g/mol. The molecular weight excluding hydrogens is 242 g/mol. The number of carbonyl (C=O) groups is 1. The Morgan fingerprint density at radius 3 is 2.47 bits per heavy atom. The first kappa shape index (κ1) is 14.7. The zero-order chi connectivity index (χ0) is 11.7. The molecule has 2 N–H and O–H groups in total. The van der Waals surface area contributed by atoms with Crippen LogP contribution in [-0.4, -0.2) is 50.0 Å². The molecule has 0 amide bonds. The number of aliphatic carboxylic acids is 1. The van der Waals surface area contributed by atoms with Crippen LogP contribution in [0, 0.1) is 0 Å². The fourth-order valence-electron chi connectivity index (χ4n) is 0.957. The van der Waals surface area contributed by atoms with Gasteiger partial charge in [0.2, 0.25) is 0 Å². The lowest BCUT2D eigenvalue weighted by Crippen LogP contribution is -2.22. The number of nitrogens with one attached hydrogen (secondary N) is 1. The molecule has 0 saturated carbocycles. The second-order valence-electron chi connectivity index (χ2n) is 3.09. The number of sulfone groups is 1. The van der Waals surface area contributed by atoms with Gasteiger partial charge in [0.05, 0.1) is 17.9 Å². The lowest BCUT2D eigenvalue weighted by molar-refractivity contribution is -0.136. The van der Waals surface area contributed by atoms with Gasteiger partial charge in [-0.15, -0.1) is 11.6 Å². The maximum atomic E-state index is 11.2. The van der Waals surface area contributed by atoms with E-state index in [1.165, 1.54) is 0 Å². The second-order valence-corrected chi connectivity index (χ2v) is 5.77. The van der Waals surface area contributed by atoms with Gasteiger partial charge in [0, 0.05) is 12.4 Å². The average Bonchev–Trinajstić information content (AvgIpc) is 2.10. The van der Waals surface area contributed by atoms with E-state index in [2.05, 4.69) is 5.32 Å². The highest BCUT2D eigenvalue weighted by Crippen LogP contribution is 1.94. The van der Waals surface area contributed by atoms with E-state index in [1.807, 2.05) is 0 Å². The molecule has 0 unspecified atom stereocenters. The summed E-state index contributed by atoms with van der Waals surface area (Å²) in [5, 5.41) is 11.2. The zero-order valence-electron chi connectivity index (χ0n) is 8.41. The fourth-order valence-corrected chi connectivity index (χ4v) is 2.69. The molecule has 0 aliphatic carbocycles. The van der Waals surface area contributed by atoms with E-state index in [-0.39, 0.29) is 23.8 Å². The number of rotatable bonds is 9. The van der Waals surface area contributed by atoms with E-state index in [9.17, 15) is 13.2 Å². The number of halogens is 1. The smallest absolute Gasteiger partial charge is 0.304 e. The molecule has 0 atom stereocenters. The first-order valence-electron chi connectivity index (χ1n) is 4.67. The van der Waals surface area contributed by atoms with Crippen LogP contribution in [-0.2, 0) is 14.6 Å². The first-order valence-corrected chi connectivity index (χ1v) is 7.02. The minimum Gasteiger partial charge on any atom is -0.481 e. The van der Waals surface area contributed by atoms with Gasteiger partial charge in [0.1, 0.15) is 0 Å². The normalized spacial score (nSPS) is 11.5. The Kier molecular flexibility index (Phi) is 7.72. The van der Waals surface area contributed by atoms with Gasteiger partial charge in [-0.05, 0) is 13.0 Å². The van der Waals surface area contributed by atoms with Crippen molar-refractivity contribution < 1.29 is 18.3 Å². The molecule has 0 aromatic rings. The van der Waals surface area contributed by atoms with Gasteiger partial charge in [0.25, 0.3) is 0 Å². The van der Waals surface area contributed by atoms with Crippen LogP contribution in [0.5, 0.6) is 0 Å². The van der Waals surface area contributed by atoms with Crippen LogP contribution in [0.15, 0.2) is 0 Å². The minimum atomic E-state index is -3.02. The van der Waals surface area contributed by atoms with Gasteiger partial charge in [-0.25, -0.2) is 8.42 Å². The minimum absolute atomic E-state index is 0.00365. The van der Waals surface area contributed by atoms with Crippen LogP contribution in [0.25, 0.3) is 0 Å². The van der Waals surface area contributed by atoms with Crippen molar-refractivity contribution in [3.63, 3.8) is 0 Å². The summed E-state index contributed by atoms with van der Waals surface area (Å²) < 4.78 is 22.3. The van der Waals surface area contributed by atoms with Crippen molar-refractivity contribution in [3.05, 3.63) is 0 Å². The van der Waals surface area contributed by atoms with Gasteiger partial charge >= 0.3 is 5.97 Å². The van der Waals surface area contributed by atoms with Gasteiger partial charge < -0.3 is 10.4 Å². The van der Waals surface area contributed by atoms with Crippen molar-refractivity contribution in [1.29, 1.82) is 0 Å². The summed E-state index contributed by atoms with van der Waals surface area (Å²) in [4.78, 5) is 10.1. The molecular formula is C8H16ClNO4S. The number of carboxylic acid groups (broad SMARTS) is 1. The predicted octanol–water partition coefficient (Wildman–Crippen LogP) is 0.0944. The van der Waals surface area contributed by atoms with Crippen molar-refractivity contribution in [2.24, 2.45) is 0 Å². The lowest BCUT2D eigenvalue weighted by atomic mass is 10.4. The largest absolute Gasteiger partial charge is 0.481 e. The van der Waals surface area contributed by atoms with Crippen LogP contribution in [0.3, 0.4) is 0 Å². The molecule has 0 saturated heterocycles. The van der Waals surface area contributed by atoms with Crippen molar-refractivity contribution in [3.8, 4) is 0 Å². The third kappa shape index (κ3) is 9.96. The van der Waals surface area contributed by atoms with Crippen LogP contribution in [0.2, 0.25) is 0 Å². The molecule has 0 spiro atoms. The molecule has 0 bridgehead atoms. The summed E-state index contributed by atoms with van der Waals surface area (Å²) in [6.07, 6.45) is 0.535. The van der Waals surface area contributed by atoms with E-state index in [0.29, 0.717) is 19.5 Å². The number of alkyl halides is 1. The van der Waals surface area contributed by atoms with Crippen LogP contribution >= 0.6 is 11.6 Å². The molecule has 15 heavy (non-hydrogen) atoms. The first-order chi connectivity index (χ1) is 6.98. The molecule has 0 fully saturated rings. The SMILES string of the molecule is O=C(O)CCNCCCS(=O)(=O)CCCl. The Hall–Kier alpha value is -0.330. The zero-order valence-corrected chi connectivity index (χ0v) is 9.98. The van der Waals surface area contributed by atoms with E-state index >= 15 is 0 Å².